The molecule has 0 aliphatic carbocycles. The minimum Gasteiger partial charge on any atom is -0.378 e. The molecule has 2 saturated heterocycles. The highest BCUT2D eigenvalue weighted by Gasteiger charge is 2.40. The van der Waals surface area contributed by atoms with Crippen LogP contribution in [0.4, 0.5) is 5.69 Å². The van der Waals surface area contributed by atoms with Crippen LogP contribution in [0.1, 0.15) is 29.6 Å². The molecule has 3 heterocycles. The second-order valence-electron chi connectivity index (χ2n) is 7.27. The molecule has 4 rings (SSSR count). The van der Waals surface area contributed by atoms with Crippen molar-refractivity contribution < 1.29 is 19.1 Å². The maximum Gasteiger partial charge on any atom is 0.255 e. The third-order valence-corrected chi connectivity index (χ3v) is 5.52. The fourth-order valence-electron chi connectivity index (χ4n) is 3.91. The fraction of sp³-hybridized carbons (Fsp3) is 0.526. The van der Waals surface area contributed by atoms with Gasteiger partial charge in [-0.1, -0.05) is 12.1 Å². The first-order valence-corrected chi connectivity index (χ1v) is 9.39. The summed E-state index contributed by atoms with van der Waals surface area (Å²) < 4.78 is 5.27. The van der Waals surface area contributed by atoms with E-state index < -0.39 is 5.66 Å². The highest BCUT2D eigenvalue weighted by atomic mass is 16.5. The van der Waals surface area contributed by atoms with Crippen molar-refractivity contribution in [2.75, 3.05) is 44.7 Å². The molecule has 8 nitrogen and oxygen atoms in total. The molecular formula is C19H24N4O4. The average Bonchev–Trinajstić information content (AvgIpc) is 2.83. The minimum absolute atomic E-state index is 0.0476. The summed E-state index contributed by atoms with van der Waals surface area (Å²) in [5, 5.41) is 6.46. The number of morpholine rings is 1. The summed E-state index contributed by atoms with van der Waals surface area (Å²) in [6.07, 6.45) is 1.33. The van der Waals surface area contributed by atoms with Crippen LogP contribution in [0.25, 0.3) is 0 Å². The second kappa shape index (κ2) is 7.19. The van der Waals surface area contributed by atoms with E-state index in [1.54, 1.807) is 15.9 Å². The number of likely N-dealkylation sites (tertiary alicyclic amines) is 1. The Kier molecular flexibility index (Phi) is 4.73. The number of amides is 3. The number of carbonyl (C=O) groups excluding carboxylic acids is 3. The smallest absolute Gasteiger partial charge is 0.255 e. The summed E-state index contributed by atoms with van der Waals surface area (Å²) in [6.45, 7) is 2.72. The average molecular weight is 372 g/mol. The molecule has 0 bridgehead atoms. The molecule has 1 aromatic rings. The van der Waals surface area contributed by atoms with Gasteiger partial charge in [0, 0.05) is 38.2 Å². The normalized spacial score (nSPS) is 25.5. The molecule has 8 heteroatoms. The molecule has 27 heavy (non-hydrogen) atoms. The maximum absolute atomic E-state index is 12.6. The molecule has 1 atom stereocenters. The summed E-state index contributed by atoms with van der Waals surface area (Å²) in [5.41, 5.74) is 0.738. The lowest BCUT2D eigenvalue weighted by molar-refractivity contribution is -0.142. The largest absolute Gasteiger partial charge is 0.378 e. The van der Waals surface area contributed by atoms with E-state index >= 15 is 0 Å². The quantitative estimate of drug-likeness (QED) is 0.785. The van der Waals surface area contributed by atoms with Crippen molar-refractivity contribution in [2.45, 2.75) is 24.9 Å². The van der Waals surface area contributed by atoms with Crippen LogP contribution < -0.4 is 10.6 Å². The van der Waals surface area contributed by atoms with Gasteiger partial charge in [-0.15, -0.1) is 0 Å². The van der Waals surface area contributed by atoms with Gasteiger partial charge in [0.25, 0.3) is 5.91 Å². The van der Waals surface area contributed by atoms with Gasteiger partial charge >= 0.3 is 0 Å². The van der Waals surface area contributed by atoms with Crippen molar-refractivity contribution in [1.82, 2.24) is 15.1 Å². The lowest BCUT2D eigenvalue weighted by atomic mass is 9.95. The predicted octanol–water partition coefficient (Wildman–Crippen LogP) is 0.410. The zero-order valence-electron chi connectivity index (χ0n) is 15.2. The van der Waals surface area contributed by atoms with Gasteiger partial charge in [0.05, 0.1) is 25.3 Å². The molecule has 3 aliphatic heterocycles. The van der Waals surface area contributed by atoms with Gasteiger partial charge < -0.3 is 25.2 Å². The number of nitrogens with zero attached hydrogens (tertiary/aromatic N) is 2. The SMILES string of the molecule is O=C1NC2(CCC(=O)N(CC(=O)N3CCOCC3)CC2)Nc2ccccc21. The number of carbonyl (C=O) groups is 3. The van der Waals surface area contributed by atoms with Crippen LogP contribution in [-0.4, -0.2) is 72.6 Å². The van der Waals surface area contributed by atoms with E-state index in [4.69, 9.17) is 4.74 Å². The highest BCUT2D eigenvalue weighted by molar-refractivity contribution is 6.02. The van der Waals surface area contributed by atoms with E-state index in [-0.39, 0.29) is 30.7 Å². The third-order valence-electron chi connectivity index (χ3n) is 5.52. The Morgan fingerprint density at radius 2 is 1.85 bits per heavy atom. The summed E-state index contributed by atoms with van der Waals surface area (Å²) in [7, 11) is 0. The van der Waals surface area contributed by atoms with Crippen LogP contribution in [-0.2, 0) is 14.3 Å². The van der Waals surface area contributed by atoms with Crippen molar-refractivity contribution >= 4 is 23.4 Å². The Balaban J connectivity index is 1.44. The van der Waals surface area contributed by atoms with Gasteiger partial charge in [-0.2, -0.15) is 0 Å². The van der Waals surface area contributed by atoms with Crippen LogP contribution in [0.3, 0.4) is 0 Å². The first-order valence-electron chi connectivity index (χ1n) is 9.39. The van der Waals surface area contributed by atoms with Gasteiger partial charge in [0.2, 0.25) is 11.8 Å². The van der Waals surface area contributed by atoms with Crippen molar-refractivity contribution in [3.8, 4) is 0 Å². The number of anilines is 1. The number of rotatable bonds is 2. The van der Waals surface area contributed by atoms with Crippen molar-refractivity contribution in [3.63, 3.8) is 0 Å². The second-order valence-corrected chi connectivity index (χ2v) is 7.27. The van der Waals surface area contributed by atoms with E-state index in [9.17, 15) is 14.4 Å². The number of nitrogens with one attached hydrogen (secondary N) is 2. The maximum atomic E-state index is 12.6. The summed E-state index contributed by atoms with van der Waals surface area (Å²) in [5.74, 6) is -0.230. The van der Waals surface area contributed by atoms with E-state index in [0.717, 1.165) is 5.69 Å². The molecule has 3 amide bonds. The Morgan fingerprint density at radius 1 is 1.07 bits per heavy atom. The van der Waals surface area contributed by atoms with Crippen molar-refractivity contribution in [2.24, 2.45) is 0 Å². The molecule has 1 aromatic carbocycles. The number of benzene rings is 1. The first kappa shape index (κ1) is 17.8. The lowest BCUT2D eigenvalue weighted by Crippen LogP contribution is -2.58. The topological polar surface area (TPSA) is 91.0 Å². The molecule has 0 aromatic heterocycles. The Labute approximate surface area is 157 Å². The van der Waals surface area contributed by atoms with Crippen LogP contribution in [0.2, 0.25) is 0 Å². The summed E-state index contributed by atoms with van der Waals surface area (Å²) in [4.78, 5) is 40.9. The molecule has 0 saturated carbocycles. The molecule has 1 unspecified atom stereocenters. The third kappa shape index (κ3) is 3.62. The van der Waals surface area contributed by atoms with E-state index in [1.165, 1.54) is 0 Å². The standard InChI is InChI=1S/C19H24N4O4/c24-16-5-6-19(20-15-4-2-1-3-14(15)18(26)21-19)7-8-23(16)13-17(25)22-9-11-27-12-10-22/h1-4,20H,5-13H2,(H,21,26). The lowest BCUT2D eigenvalue weighted by Gasteiger charge is -2.40. The fourth-order valence-corrected chi connectivity index (χ4v) is 3.91. The Morgan fingerprint density at radius 3 is 2.67 bits per heavy atom. The van der Waals surface area contributed by atoms with Crippen LogP contribution >= 0.6 is 0 Å². The number of ether oxygens (including phenoxy) is 1. The minimum atomic E-state index is -0.655. The highest BCUT2D eigenvalue weighted by Crippen LogP contribution is 2.31. The van der Waals surface area contributed by atoms with Gasteiger partial charge in [-0.05, 0) is 18.6 Å². The van der Waals surface area contributed by atoms with E-state index in [1.807, 2.05) is 18.2 Å². The van der Waals surface area contributed by atoms with Gasteiger partial charge in [-0.3, -0.25) is 14.4 Å². The van der Waals surface area contributed by atoms with Crippen LogP contribution in [0, 0.1) is 0 Å². The summed E-state index contributed by atoms with van der Waals surface area (Å²) >= 11 is 0. The predicted molar refractivity (Wildman–Crippen MR) is 98.1 cm³/mol. The Hall–Kier alpha value is -2.61. The molecule has 2 N–H and O–H groups in total. The van der Waals surface area contributed by atoms with Gasteiger partial charge in [-0.25, -0.2) is 0 Å². The molecule has 2 fully saturated rings. The number of fused-ring (bicyclic) bond motifs is 1. The monoisotopic (exact) mass is 372 g/mol. The van der Waals surface area contributed by atoms with Crippen molar-refractivity contribution in [3.05, 3.63) is 29.8 Å². The van der Waals surface area contributed by atoms with Crippen LogP contribution in [0.5, 0.6) is 0 Å². The van der Waals surface area contributed by atoms with E-state index in [2.05, 4.69) is 10.6 Å². The zero-order chi connectivity index (χ0) is 18.9. The molecule has 0 radical (unpaired) electrons. The molecule has 144 valence electrons. The molecule has 3 aliphatic rings. The first-order chi connectivity index (χ1) is 13.1. The number of hydrogen-bond donors (Lipinski definition) is 2. The van der Waals surface area contributed by atoms with Gasteiger partial charge in [0.15, 0.2) is 0 Å². The number of hydrogen-bond acceptors (Lipinski definition) is 5. The zero-order valence-corrected chi connectivity index (χ0v) is 15.2. The molecular weight excluding hydrogens is 348 g/mol. The molecule has 1 spiro atoms. The Bertz CT molecular complexity index is 762. The number of para-hydroxylation sites is 1. The van der Waals surface area contributed by atoms with Gasteiger partial charge in [0.1, 0.15) is 5.66 Å². The van der Waals surface area contributed by atoms with Crippen LogP contribution in [0.15, 0.2) is 24.3 Å². The summed E-state index contributed by atoms with van der Waals surface area (Å²) in [6, 6.07) is 7.36. The van der Waals surface area contributed by atoms with Crippen molar-refractivity contribution in [1.29, 1.82) is 0 Å². The van der Waals surface area contributed by atoms with E-state index in [0.29, 0.717) is 51.3 Å².